The van der Waals surface area contributed by atoms with Crippen LogP contribution in [0.15, 0.2) is 24.3 Å². The highest BCUT2D eigenvalue weighted by Crippen LogP contribution is 2.12. The highest BCUT2D eigenvalue weighted by atomic mass is 32.3. The van der Waals surface area contributed by atoms with Crippen molar-refractivity contribution < 1.29 is 34.7 Å². The van der Waals surface area contributed by atoms with Crippen molar-refractivity contribution in [3.8, 4) is 5.75 Å². The molecule has 1 rings (SSSR count). The maximum absolute atomic E-state index is 9.44. The number of phenols is 1. The second kappa shape index (κ2) is 6.51. The Kier molecular flexibility index (Phi) is 6.00. The Labute approximate surface area is 104 Å². The highest BCUT2D eigenvalue weighted by molar-refractivity contribution is 7.94. The number of nitrogens with one attached hydrogen (secondary N) is 1. The lowest BCUT2D eigenvalue weighted by Crippen LogP contribution is -2.10. The zero-order chi connectivity index (χ0) is 14.4. The van der Waals surface area contributed by atoms with E-state index < -0.39 is 20.8 Å². The summed E-state index contributed by atoms with van der Waals surface area (Å²) >= 11 is 0. The Morgan fingerprint density at radius 2 is 1.39 bits per heavy atom. The minimum absolute atomic E-state index is 0.300. The molecule has 0 radical (unpaired) electrons. The van der Waals surface area contributed by atoms with Gasteiger partial charge in [0, 0.05) is 12.7 Å². The van der Waals surface area contributed by atoms with E-state index in [0.717, 1.165) is 5.69 Å². The highest BCUT2D eigenvalue weighted by Gasteiger charge is 2.15. The fourth-order valence-electron chi connectivity index (χ4n) is 0.737. The molecule has 4 N–H and O–H groups in total. The van der Waals surface area contributed by atoms with Gasteiger partial charge in [0.25, 0.3) is 0 Å². The van der Waals surface area contributed by atoms with Gasteiger partial charge in [-0.15, -0.1) is 3.63 Å². The van der Waals surface area contributed by atoms with E-state index in [-0.39, 0.29) is 0 Å². The third kappa shape index (κ3) is 9.80. The van der Waals surface area contributed by atoms with Crippen molar-refractivity contribution in [3.63, 3.8) is 0 Å². The fraction of sp³-hybridized carbons (Fsp3) is 0.143. The van der Waals surface area contributed by atoms with Gasteiger partial charge in [-0.1, -0.05) is 0 Å². The van der Waals surface area contributed by atoms with Crippen LogP contribution in [0.1, 0.15) is 0 Å². The molecule has 0 unspecified atom stereocenters. The molecular weight excluding hydrogens is 290 g/mol. The molecule has 0 aliphatic heterocycles. The van der Waals surface area contributed by atoms with Crippen LogP contribution in [0.5, 0.6) is 5.75 Å². The average molecular weight is 301 g/mol. The summed E-state index contributed by atoms with van der Waals surface area (Å²) < 4.78 is 55.6. The summed E-state index contributed by atoms with van der Waals surface area (Å²) in [6.07, 6.45) is 0. The molecule has 0 bridgehead atoms. The van der Waals surface area contributed by atoms with E-state index in [2.05, 4.69) is 8.95 Å². The van der Waals surface area contributed by atoms with Gasteiger partial charge in [0.05, 0.1) is 0 Å². The maximum Gasteiger partial charge on any atom is 0.413 e. The summed E-state index contributed by atoms with van der Waals surface area (Å²) in [4.78, 5) is 0. The molecule has 0 fully saturated rings. The van der Waals surface area contributed by atoms with Gasteiger partial charge in [0.2, 0.25) is 0 Å². The molecule has 0 aliphatic rings. The van der Waals surface area contributed by atoms with E-state index in [1.807, 2.05) is 19.2 Å². The summed E-state index contributed by atoms with van der Waals surface area (Å²) in [6, 6.07) is 6.92. The lowest BCUT2D eigenvalue weighted by Gasteiger charge is -1.96. The van der Waals surface area contributed by atoms with Crippen LogP contribution in [0.2, 0.25) is 0 Å². The second-order valence-electron chi connectivity index (χ2n) is 2.72. The van der Waals surface area contributed by atoms with Crippen LogP contribution in [0.25, 0.3) is 0 Å². The number of rotatable bonds is 3. The van der Waals surface area contributed by atoms with Crippen molar-refractivity contribution in [1.29, 1.82) is 0 Å². The Morgan fingerprint density at radius 3 is 1.61 bits per heavy atom. The molecule has 0 spiro atoms. The van der Waals surface area contributed by atoms with Crippen LogP contribution >= 0.6 is 0 Å². The van der Waals surface area contributed by atoms with Crippen molar-refractivity contribution in [1.82, 2.24) is 0 Å². The van der Waals surface area contributed by atoms with E-state index >= 15 is 0 Å². The summed E-state index contributed by atoms with van der Waals surface area (Å²) in [5.74, 6) is 0.300. The largest absolute Gasteiger partial charge is 0.508 e. The quantitative estimate of drug-likeness (QED) is 0.448. The number of hydrogen-bond donors (Lipinski definition) is 4. The first-order valence-corrected chi connectivity index (χ1v) is 6.89. The zero-order valence-corrected chi connectivity index (χ0v) is 10.6. The van der Waals surface area contributed by atoms with Crippen molar-refractivity contribution in [3.05, 3.63) is 24.3 Å². The van der Waals surface area contributed by atoms with E-state index in [1.54, 1.807) is 12.1 Å². The minimum atomic E-state index is -5.12. The monoisotopic (exact) mass is 301 g/mol. The van der Waals surface area contributed by atoms with Crippen LogP contribution in [0.4, 0.5) is 5.69 Å². The first-order chi connectivity index (χ1) is 8.03. The van der Waals surface area contributed by atoms with Gasteiger partial charge in [-0.2, -0.15) is 16.8 Å². The zero-order valence-electron chi connectivity index (χ0n) is 9.01. The van der Waals surface area contributed by atoms with Crippen LogP contribution in [0.3, 0.4) is 0 Å². The standard InChI is InChI=1S/C7H9NO.H2O7S2/c1-8-6-2-4-7(9)5-3-6;1-8(2,3)7-9(4,5)6/h2-5,8-9H,1H3;(H,1,2,3)(H,4,5,6). The number of aromatic hydroxyl groups is 1. The summed E-state index contributed by atoms with van der Waals surface area (Å²) in [7, 11) is -8.40. The number of anilines is 1. The van der Waals surface area contributed by atoms with Gasteiger partial charge in [-0.25, -0.2) is 0 Å². The van der Waals surface area contributed by atoms with Gasteiger partial charge in [0.1, 0.15) is 5.75 Å². The third-order valence-corrected chi connectivity index (χ3v) is 2.70. The fourth-order valence-corrected chi connectivity index (χ4v) is 1.61. The first-order valence-electron chi connectivity index (χ1n) is 4.16. The van der Waals surface area contributed by atoms with Crippen molar-refractivity contribution in [2.45, 2.75) is 0 Å². The van der Waals surface area contributed by atoms with Gasteiger partial charge in [0.15, 0.2) is 0 Å². The predicted molar refractivity (Wildman–Crippen MR) is 61.8 cm³/mol. The smallest absolute Gasteiger partial charge is 0.413 e. The molecule has 11 heteroatoms. The molecule has 0 heterocycles. The number of hydrogen-bond acceptors (Lipinski definition) is 7. The molecule has 104 valence electrons. The molecule has 18 heavy (non-hydrogen) atoms. The lowest BCUT2D eigenvalue weighted by atomic mass is 10.3. The van der Waals surface area contributed by atoms with E-state index in [1.165, 1.54) is 0 Å². The Balaban J connectivity index is 0.000000321. The number of phenolic OH excluding ortho intramolecular Hbond substituents is 1. The van der Waals surface area contributed by atoms with E-state index in [0.29, 0.717) is 5.75 Å². The molecule has 0 amide bonds. The molecule has 9 nitrogen and oxygen atoms in total. The Hall–Kier alpha value is -1.40. The molecule has 1 aromatic carbocycles. The van der Waals surface area contributed by atoms with Crippen LogP contribution in [-0.2, 0) is 24.4 Å². The molecule has 0 atom stereocenters. The summed E-state index contributed by atoms with van der Waals surface area (Å²) in [5.41, 5.74) is 1.01. The van der Waals surface area contributed by atoms with Crippen molar-refractivity contribution >= 4 is 26.5 Å². The summed E-state index contributed by atoms with van der Waals surface area (Å²) in [6.45, 7) is 0. The van der Waals surface area contributed by atoms with Gasteiger partial charge >= 0.3 is 20.8 Å². The summed E-state index contributed by atoms with van der Waals surface area (Å²) in [5, 5.41) is 11.8. The SMILES string of the molecule is CNc1ccc(O)cc1.O=S(=O)(O)OS(=O)(=O)O. The maximum atomic E-state index is 9.44. The van der Waals surface area contributed by atoms with Crippen LogP contribution in [-0.4, -0.2) is 38.1 Å². The van der Waals surface area contributed by atoms with E-state index in [9.17, 15) is 16.8 Å². The number of benzene rings is 1. The van der Waals surface area contributed by atoms with Crippen molar-refractivity contribution in [2.24, 2.45) is 0 Å². The molecule has 0 aromatic heterocycles. The molecule has 1 aromatic rings. The predicted octanol–water partition coefficient (Wildman–Crippen LogP) is 0.0425. The Bertz CT molecular complexity index is 532. The van der Waals surface area contributed by atoms with E-state index in [4.69, 9.17) is 14.2 Å². The van der Waals surface area contributed by atoms with Gasteiger partial charge < -0.3 is 10.4 Å². The third-order valence-electron chi connectivity index (χ3n) is 1.33. The molecule has 0 saturated heterocycles. The van der Waals surface area contributed by atoms with Crippen molar-refractivity contribution in [2.75, 3.05) is 12.4 Å². The second-order valence-corrected chi connectivity index (χ2v) is 4.98. The van der Waals surface area contributed by atoms with Gasteiger partial charge in [-0.3, -0.25) is 9.11 Å². The molecule has 0 aliphatic carbocycles. The average Bonchev–Trinajstić information content (AvgIpc) is 2.14. The minimum Gasteiger partial charge on any atom is -0.508 e. The normalized spacial score (nSPS) is 11.3. The molecular formula is C7H11NO8S2. The van der Waals surface area contributed by atoms with Crippen LogP contribution in [0, 0.1) is 0 Å². The topological polar surface area (TPSA) is 150 Å². The first kappa shape index (κ1) is 16.6. The molecule has 0 saturated carbocycles. The lowest BCUT2D eigenvalue weighted by molar-refractivity contribution is 0.344. The van der Waals surface area contributed by atoms with Gasteiger partial charge in [-0.05, 0) is 24.3 Å². The van der Waals surface area contributed by atoms with Crippen LogP contribution < -0.4 is 5.32 Å². The Morgan fingerprint density at radius 1 is 1.00 bits per heavy atom.